The first-order valence-electron chi connectivity index (χ1n) is 10.8. The zero-order valence-electron chi connectivity index (χ0n) is 17.2. The molecule has 2 fully saturated rings. The fourth-order valence-electron chi connectivity index (χ4n) is 7.53. The molecule has 0 bridgehead atoms. The molecule has 152 valence electrons. The van der Waals surface area contributed by atoms with Crippen molar-refractivity contribution in [3.63, 3.8) is 0 Å². The monoisotopic (exact) mass is 592 g/mol. The molecular formula is C26H30Cl2Hf. The molecule has 3 aliphatic carbocycles. The molecular weight excluding hydrogens is 562 g/mol. The van der Waals surface area contributed by atoms with E-state index in [0.717, 1.165) is 14.7 Å². The molecule has 2 aromatic rings. The van der Waals surface area contributed by atoms with Crippen molar-refractivity contribution in [1.82, 2.24) is 0 Å². The first-order valence-corrected chi connectivity index (χ1v) is 19.1. The van der Waals surface area contributed by atoms with Crippen LogP contribution in [0.15, 0.2) is 59.7 Å². The standard InChI is InChI=1S/2C10H9.C6H10.2ClH.Hf/c2*1-8-6-9-4-2-3-5-10(9)7-8;1-2-4-6-5-3-1;;;/h2*2-7H,1H3;1-2H,3-6H2;2*1H;. The molecule has 1 aliphatic heterocycles. The largest absolute Gasteiger partial charge is 0.147 e. The molecule has 4 atom stereocenters. The molecule has 4 unspecified atom stereocenters. The average Bonchev–Trinajstić information content (AvgIpc) is 3.01. The van der Waals surface area contributed by atoms with Crippen molar-refractivity contribution in [2.45, 2.75) is 54.2 Å². The number of benzene rings is 2. The van der Waals surface area contributed by atoms with Crippen LogP contribution in [0.3, 0.4) is 0 Å². The Morgan fingerprint density at radius 2 is 1.07 bits per heavy atom. The van der Waals surface area contributed by atoms with Gasteiger partial charge in [0.25, 0.3) is 0 Å². The third kappa shape index (κ3) is 2.87. The fraction of sp³-hybridized carbons (Fsp3) is 0.385. The van der Waals surface area contributed by atoms with Gasteiger partial charge in [-0.05, 0) is 0 Å². The van der Waals surface area contributed by atoms with Gasteiger partial charge in [-0.3, -0.25) is 0 Å². The molecule has 0 nitrogen and oxygen atoms in total. The fourth-order valence-corrected chi connectivity index (χ4v) is 43.0. The Kier molecular flexibility index (Phi) is 5.82. The van der Waals surface area contributed by atoms with Gasteiger partial charge in [-0.15, -0.1) is 24.8 Å². The SMILES string of the molecule is CC1=Cc2ccccc2[CH]1[Hf]1([CH]2C(C)=Cc3ccccc32)[CH]2CCCC[CH]21.Cl.Cl. The topological polar surface area (TPSA) is 0 Å². The van der Waals surface area contributed by atoms with Crippen LogP contribution in [0.1, 0.15) is 69.1 Å². The molecule has 2 aromatic carbocycles. The first kappa shape index (κ1) is 21.6. The van der Waals surface area contributed by atoms with E-state index in [1.807, 2.05) is 0 Å². The van der Waals surface area contributed by atoms with E-state index in [2.05, 4.69) is 74.5 Å². The van der Waals surface area contributed by atoms with Crippen LogP contribution in [-0.4, -0.2) is 0 Å². The number of rotatable bonds is 2. The maximum Gasteiger partial charge on any atom is -0.147 e. The van der Waals surface area contributed by atoms with Crippen LogP contribution in [0.25, 0.3) is 12.2 Å². The van der Waals surface area contributed by atoms with E-state index >= 15 is 0 Å². The van der Waals surface area contributed by atoms with E-state index in [1.165, 1.54) is 36.8 Å². The normalized spacial score (nSPS) is 33.3. The van der Waals surface area contributed by atoms with Crippen LogP contribution in [-0.2, 0) is 20.0 Å². The average molecular weight is 592 g/mol. The van der Waals surface area contributed by atoms with Gasteiger partial charge in [0, 0.05) is 0 Å². The second kappa shape index (κ2) is 7.81. The van der Waals surface area contributed by atoms with Crippen LogP contribution in [0.4, 0.5) is 0 Å². The number of hydrogen-bond donors (Lipinski definition) is 0. The van der Waals surface area contributed by atoms with Crippen molar-refractivity contribution in [3.8, 4) is 0 Å². The van der Waals surface area contributed by atoms with Crippen molar-refractivity contribution in [1.29, 1.82) is 0 Å². The minimum absolute atomic E-state index is 0. The molecule has 29 heavy (non-hydrogen) atoms. The number of fused-ring (bicyclic) bond motifs is 3. The Balaban J connectivity index is 0.00000102. The number of allylic oxidation sites excluding steroid dienone is 2. The quantitative estimate of drug-likeness (QED) is 0.307. The summed E-state index contributed by atoms with van der Waals surface area (Å²) in [7, 11) is 0. The van der Waals surface area contributed by atoms with Gasteiger partial charge in [0.05, 0.1) is 0 Å². The molecule has 0 radical (unpaired) electrons. The maximum atomic E-state index is 2.53. The van der Waals surface area contributed by atoms with Gasteiger partial charge in [-0.1, -0.05) is 0 Å². The van der Waals surface area contributed by atoms with E-state index in [4.69, 9.17) is 0 Å². The zero-order chi connectivity index (χ0) is 18.2. The molecule has 6 rings (SSSR count). The summed E-state index contributed by atoms with van der Waals surface area (Å²) in [6.45, 7) is 4.91. The third-order valence-electron chi connectivity index (χ3n) is 8.23. The van der Waals surface area contributed by atoms with Gasteiger partial charge in [-0.2, -0.15) is 0 Å². The second-order valence-corrected chi connectivity index (χ2v) is 26.1. The second-order valence-electron chi connectivity index (χ2n) is 9.40. The third-order valence-corrected chi connectivity index (χ3v) is 33.7. The van der Waals surface area contributed by atoms with Gasteiger partial charge in [-0.25, -0.2) is 0 Å². The maximum absolute atomic E-state index is 2.72. The van der Waals surface area contributed by atoms with Crippen LogP contribution in [0.2, 0.25) is 7.35 Å². The molecule has 1 saturated carbocycles. The summed E-state index contributed by atoms with van der Waals surface area (Å²) in [4.78, 5) is 0. The van der Waals surface area contributed by atoms with Crippen LogP contribution in [0.5, 0.6) is 0 Å². The van der Waals surface area contributed by atoms with E-state index in [0.29, 0.717) is 0 Å². The molecule has 0 aromatic heterocycles. The summed E-state index contributed by atoms with van der Waals surface area (Å²) in [5.41, 5.74) is 9.84. The minimum atomic E-state index is -2.72. The molecule has 1 saturated heterocycles. The zero-order valence-corrected chi connectivity index (χ0v) is 22.5. The molecule has 0 N–H and O–H groups in total. The molecule has 0 spiro atoms. The van der Waals surface area contributed by atoms with E-state index in [1.54, 1.807) is 22.3 Å². The molecule has 4 aliphatic rings. The summed E-state index contributed by atoms with van der Waals surface area (Å²) < 4.78 is 3.87. The summed E-state index contributed by atoms with van der Waals surface area (Å²) in [5.74, 6) is 0. The summed E-state index contributed by atoms with van der Waals surface area (Å²) in [6.07, 6.45) is 11.1. The van der Waals surface area contributed by atoms with Crippen LogP contribution >= 0.6 is 24.8 Å². The van der Waals surface area contributed by atoms with Gasteiger partial charge in [0.1, 0.15) is 0 Å². The Labute approximate surface area is 192 Å². The summed E-state index contributed by atoms with van der Waals surface area (Å²) in [6, 6.07) is 18.7. The molecule has 1 heterocycles. The predicted molar refractivity (Wildman–Crippen MR) is 126 cm³/mol. The summed E-state index contributed by atoms with van der Waals surface area (Å²) >= 11 is -2.72. The Bertz CT molecular complexity index is 924. The van der Waals surface area contributed by atoms with E-state index in [-0.39, 0.29) is 24.8 Å². The van der Waals surface area contributed by atoms with Crippen molar-refractivity contribution < 1.29 is 20.0 Å². The van der Waals surface area contributed by atoms with Crippen molar-refractivity contribution in [2.75, 3.05) is 0 Å². The molecule has 3 heteroatoms. The van der Waals surface area contributed by atoms with Gasteiger partial charge in [0.2, 0.25) is 0 Å². The van der Waals surface area contributed by atoms with E-state index in [9.17, 15) is 0 Å². The van der Waals surface area contributed by atoms with Gasteiger partial charge < -0.3 is 0 Å². The minimum Gasteiger partial charge on any atom is -0.147 e. The van der Waals surface area contributed by atoms with Crippen molar-refractivity contribution >= 4 is 37.0 Å². The van der Waals surface area contributed by atoms with Crippen LogP contribution < -0.4 is 0 Å². The predicted octanol–water partition coefficient (Wildman–Crippen LogP) is 8.46. The first-order chi connectivity index (χ1) is 13.2. The Morgan fingerprint density at radius 1 is 0.655 bits per heavy atom. The van der Waals surface area contributed by atoms with Gasteiger partial charge in [0.15, 0.2) is 0 Å². The smallest absolute Gasteiger partial charge is 0.147 e. The summed E-state index contributed by atoms with van der Waals surface area (Å²) in [5, 5.41) is 0. The van der Waals surface area contributed by atoms with Crippen LogP contribution in [0, 0.1) is 0 Å². The van der Waals surface area contributed by atoms with Crippen molar-refractivity contribution in [2.24, 2.45) is 0 Å². The Hall–Kier alpha value is -0.630. The Morgan fingerprint density at radius 3 is 1.52 bits per heavy atom. The van der Waals surface area contributed by atoms with Gasteiger partial charge >= 0.3 is 168 Å². The molecule has 0 amide bonds. The number of hydrogen-bond acceptors (Lipinski definition) is 0. The van der Waals surface area contributed by atoms with Crippen molar-refractivity contribution in [3.05, 3.63) is 81.9 Å². The van der Waals surface area contributed by atoms with E-state index < -0.39 is 20.0 Å². The number of halogens is 2.